The standard InChI is InChI=1S/C20H23BO3.C20H17N3.C2H6/c1-8-9-17-18(13(2)3)15-12-14(10-11-16(15)22-17)21-23-19(4,5)20(6,7)24-21;21-19(17-9-5-2-6-10-17)23-20(22)18-13-11-16(12-14-18)15-7-3-1-4-8-15;1-2/h1,9-12H,2-7H3;1-14H,(H3,21,22,23);1-2H3/b17-9+;;. The maximum absolute atomic E-state index is 8.02. The Hall–Kier alpha value is -5.16. The summed E-state index contributed by atoms with van der Waals surface area (Å²) in [5.41, 5.74) is 12.8. The lowest BCUT2D eigenvalue weighted by Crippen LogP contribution is -2.41. The van der Waals surface area contributed by atoms with Crippen LogP contribution >= 0.6 is 0 Å². The minimum absolute atomic E-state index is 0.162. The smallest absolute Gasteiger partial charge is 0.455 e. The molecule has 4 aromatic carbocycles. The zero-order chi connectivity index (χ0) is 35.8. The van der Waals surface area contributed by atoms with Gasteiger partial charge >= 0.3 is 7.12 Å². The van der Waals surface area contributed by atoms with Crippen molar-refractivity contribution >= 4 is 46.9 Å². The Kier molecular flexibility index (Phi) is 11.8. The molecule has 5 aromatic rings. The lowest BCUT2D eigenvalue weighted by atomic mass is 9.78. The third-order valence-electron chi connectivity index (χ3n) is 8.55. The van der Waals surface area contributed by atoms with E-state index in [0.29, 0.717) is 5.84 Å². The third kappa shape index (κ3) is 8.47. The Bertz CT molecular complexity index is 2070. The van der Waals surface area contributed by atoms with Crippen molar-refractivity contribution in [3.8, 4) is 23.5 Å². The van der Waals surface area contributed by atoms with Gasteiger partial charge in [0.05, 0.1) is 11.2 Å². The largest absolute Gasteiger partial charge is 0.494 e. The molecule has 1 saturated heterocycles. The van der Waals surface area contributed by atoms with Crippen LogP contribution in [0.1, 0.15) is 66.5 Å². The van der Waals surface area contributed by atoms with Crippen LogP contribution in [-0.4, -0.2) is 30.0 Å². The van der Waals surface area contributed by atoms with Crippen LogP contribution in [0.4, 0.5) is 0 Å². The fraction of sp³-hybridized carbons (Fsp3) is 0.238. The molecule has 0 atom stereocenters. The first kappa shape index (κ1) is 36.7. The summed E-state index contributed by atoms with van der Waals surface area (Å²) >= 11 is 0. The number of hydrogen-bond acceptors (Lipinski definition) is 4. The van der Waals surface area contributed by atoms with Crippen LogP contribution < -0.4 is 21.8 Å². The van der Waals surface area contributed by atoms with Crippen LogP contribution in [0.15, 0.2) is 113 Å². The zero-order valence-corrected chi connectivity index (χ0v) is 29.8. The van der Waals surface area contributed by atoms with Gasteiger partial charge in [0, 0.05) is 27.8 Å². The van der Waals surface area contributed by atoms with Gasteiger partial charge in [0.2, 0.25) is 0 Å². The van der Waals surface area contributed by atoms with E-state index in [4.69, 9.17) is 31.3 Å². The van der Waals surface area contributed by atoms with Crippen LogP contribution in [0.5, 0.6) is 0 Å². The molecule has 250 valence electrons. The summed E-state index contributed by atoms with van der Waals surface area (Å²) in [6.07, 6.45) is 7.09. The quantitative estimate of drug-likeness (QED) is 0.0914. The van der Waals surface area contributed by atoms with E-state index in [1.165, 1.54) is 0 Å². The molecular weight excluding hydrogens is 605 g/mol. The second kappa shape index (κ2) is 15.8. The monoisotopic (exact) mass is 651 g/mol. The summed E-state index contributed by atoms with van der Waals surface area (Å²) in [5, 5.41) is 10.1. The number of rotatable bonds is 4. The first-order valence-corrected chi connectivity index (χ1v) is 16.6. The molecule has 0 amide bonds. The summed E-state index contributed by atoms with van der Waals surface area (Å²) in [6.45, 7) is 16.3. The van der Waals surface area contributed by atoms with E-state index in [0.717, 1.165) is 54.9 Å². The number of terminal acetylenes is 1. The van der Waals surface area contributed by atoms with E-state index in [9.17, 15) is 0 Å². The van der Waals surface area contributed by atoms with E-state index >= 15 is 0 Å². The van der Waals surface area contributed by atoms with Crippen LogP contribution in [0.2, 0.25) is 0 Å². The Labute approximate surface area is 291 Å². The number of hydrogen-bond donors (Lipinski definition) is 2. The molecule has 3 N–H and O–H groups in total. The van der Waals surface area contributed by atoms with E-state index in [2.05, 4.69) is 70.7 Å². The summed E-state index contributed by atoms with van der Waals surface area (Å²) in [7, 11) is -0.389. The van der Waals surface area contributed by atoms with E-state index < -0.39 is 0 Å². The Morgan fingerprint density at radius 3 is 1.90 bits per heavy atom. The van der Waals surface area contributed by atoms with Crippen molar-refractivity contribution in [1.29, 1.82) is 5.41 Å². The first-order valence-electron chi connectivity index (χ1n) is 16.6. The van der Waals surface area contributed by atoms with Crippen LogP contribution in [0.25, 0.3) is 33.7 Å². The highest BCUT2D eigenvalue weighted by Gasteiger charge is 2.51. The molecule has 1 aliphatic rings. The SMILES string of the molecule is C#C/C=c1/oc2ccc(B3OC(C)(C)C(C)(C)O3)cc2c1=C(C)C.CC.N=C(N=C(N)c1ccc(-c2ccccc2)cc1)c1ccccc1. The van der Waals surface area contributed by atoms with Gasteiger partial charge in [-0.25, -0.2) is 4.99 Å². The lowest BCUT2D eigenvalue weighted by molar-refractivity contribution is 0.00578. The summed E-state index contributed by atoms with van der Waals surface area (Å²) in [4.78, 5) is 4.20. The molecule has 1 aliphatic heterocycles. The Balaban J connectivity index is 0.000000210. The van der Waals surface area contributed by atoms with Gasteiger partial charge in [-0.05, 0) is 64.2 Å². The molecule has 49 heavy (non-hydrogen) atoms. The highest BCUT2D eigenvalue weighted by atomic mass is 16.7. The van der Waals surface area contributed by atoms with Crippen molar-refractivity contribution in [3.63, 3.8) is 0 Å². The predicted octanol–water partition coefficient (Wildman–Crippen LogP) is 7.45. The fourth-order valence-electron chi connectivity index (χ4n) is 5.26. The molecule has 1 aromatic heterocycles. The minimum Gasteiger partial charge on any atom is -0.455 e. The normalized spacial score (nSPS) is 15.0. The van der Waals surface area contributed by atoms with Crippen molar-refractivity contribution in [3.05, 3.63) is 125 Å². The highest BCUT2D eigenvalue weighted by Crippen LogP contribution is 2.36. The first-order chi connectivity index (χ1) is 23.4. The molecule has 7 heteroatoms. The second-order valence-electron chi connectivity index (χ2n) is 12.7. The number of nitrogens with zero attached hydrogens (tertiary/aromatic N) is 1. The highest BCUT2D eigenvalue weighted by molar-refractivity contribution is 6.62. The van der Waals surface area contributed by atoms with Gasteiger partial charge < -0.3 is 19.5 Å². The number of nitrogens with two attached hydrogens (primary N) is 1. The molecule has 0 saturated carbocycles. The van der Waals surface area contributed by atoms with Crippen LogP contribution in [0, 0.1) is 17.8 Å². The molecule has 0 radical (unpaired) electrons. The number of benzene rings is 4. The average molecular weight is 652 g/mol. The number of fused-ring (bicyclic) bond motifs is 1. The Morgan fingerprint density at radius 2 is 1.35 bits per heavy atom. The summed E-state index contributed by atoms with van der Waals surface area (Å²) in [6, 6.07) is 33.4. The van der Waals surface area contributed by atoms with Gasteiger partial charge in [-0.3, -0.25) is 5.41 Å². The topological polar surface area (TPSA) is 93.8 Å². The third-order valence-corrected chi connectivity index (χ3v) is 8.55. The summed E-state index contributed by atoms with van der Waals surface area (Å²) in [5.74, 6) is 3.06. The van der Waals surface area contributed by atoms with Gasteiger partial charge in [-0.1, -0.05) is 122 Å². The molecule has 6 rings (SSSR count). The molecule has 1 fully saturated rings. The van der Waals surface area contributed by atoms with Crippen molar-refractivity contribution in [2.45, 2.75) is 66.6 Å². The van der Waals surface area contributed by atoms with Crippen molar-refractivity contribution < 1.29 is 13.7 Å². The number of aliphatic imine (C=N–C) groups is 1. The van der Waals surface area contributed by atoms with Gasteiger partial charge in [0.25, 0.3) is 0 Å². The van der Waals surface area contributed by atoms with Gasteiger partial charge in [0.1, 0.15) is 16.8 Å². The minimum atomic E-state index is -0.389. The fourth-order valence-corrected chi connectivity index (χ4v) is 5.26. The molecule has 6 nitrogen and oxygen atoms in total. The molecule has 0 spiro atoms. The predicted molar refractivity (Wildman–Crippen MR) is 206 cm³/mol. The Morgan fingerprint density at radius 1 is 0.796 bits per heavy atom. The number of amidine groups is 2. The maximum Gasteiger partial charge on any atom is 0.494 e. The second-order valence-corrected chi connectivity index (χ2v) is 12.7. The number of nitrogens with one attached hydrogen (secondary N) is 1. The van der Waals surface area contributed by atoms with Crippen molar-refractivity contribution in [2.24, 2.45) is 10.7 Å². The van der Waals surface area contributed by atoms with Crippen molar-refractivity contribution in [1.82, 2.24) is 0 Å². The average Bonchev–Trinajstić information content (AvgIpc) is 3.58. The molecule has 0 aliphatic carbocycles. The maximum atomic E-state index is 8.02. The molecule has 0 bridgehead atoms. The van der Waals surface area contributed by atoms with E-state index in [-0.39, 0.29) is 24.2 Å². The van der Waals surface area contributed by atoms with Gasteiger partial charge in [-0.15, -0.1) is 6.42 Å². The molecule has 2 heterocycles. The van der Waals surface area contributed by atoms with Gasteiger partial charge in [-0.2, -0.15) is 0 Å². The van der Waals surface area contributed by atoms with Gasteiger partial charge in [0.15, 0.2) is 5.84 Å². The molecule has 0 unspecified atom stereocenters. The van der Waals surface area contributed by atoms with E-state index in [1.54, 1.807) is 6.08 Å². The van der Waals surface area contributed by atoms with E-state index in [1.807, 2.05) is 98.8 Å². The number of furan rings is 1. The van der Waals surface area contributed by atoms with Crippen LogP contribution in [0.3, 0.4) is 0 Å². The zero-order valence-electron chi connectivity index (χ0n) is 29.8. The summed E-state index contributed by atoms with van der Waals surface area (Å²) < 4.78 is 18.2. The van der Waals surface area contributed by atoms with Crippen LogP contribution in [-0.2, 0) is 9.31 Å². The van der Waals surface area contributed by atoms with Crippen molar-refractivity contribution in [2.75, 3.05) is 0 Å². The lowest BCUT2D eigenvalue weighted by Gasteiger charge is -2.32. The molecular formula is C42H46BN3O3.